The quantitative estimate of drug-likeness (QED) is 0.541. The number of aromatic nitrogens is 5. The Morgan fingerprint density at radius 2 is 2.17 bits per heavy atom. The van der Waals surface area contributed by atoms with Crippen LogP contribution in [0.3, 0.4) is 0 Å². The molecular weight excluding hydrogens is 400 g/mol. The molecule has 0 fully saturated rings. The lowest BCUT2D eigenvalue weighted by Gasteiger charge is -2.16. The van der Waals surface area contributed by atoms with Gasteiger partial charge in [0, 0.05) is 54.9 Å². The summed E-state index contributed by atoms with van der Waals surface area (Å²) in [4.78, 5) is 4.20. The van der Waals surface area contributed by atoms with Gasteiger partial charge in [-0.05, 0) is 31.5 Å². The topological polar surface area (TPSA) is 69.3 Å². The van der Waals surface area contributed by atoms with Gasteiger partial charge in [-0.25, -0.2) is 4.52 Å². The van der Waals surface area contributed by atoms with Crippen molar-refractivity contribution < 1.29 is 4.74 Å². The predicted octanol–water partition coefficient (Wildman–Crippen LogP) is 3.84. The second kappa shape index (κ2) is 7.74. The van der Waals surface area contributed by atoms with Crippen LogP contribution in [-0.2, 0) is 13.0 Å². The van der Waals surface area contributed by atoms with E-state index in [0.29, 0.717) is 10.8 Å². The zero-order chi connectivity index (χ0) is 20.7. The van der Waals surface area contributed by atoms with Crippen LogP contribution in [0.15, 0.2) is 43.0 Å². The third kappa shape index (κ3) is 3.34. The second-order valence-corrected chi connectivity index (χ2v) is 7.98. The molecule has 154 valence electrons. The molecule has 4 aromatic heterocycles. The lowest BCUT2D eigenvalue weighted by molar-refractivity contribution is 0.228. The molecule has 1 N–H and O–H groups in total. The third-order valence-corrected chi connectivity index (χ3v) is 5.90. The second-order valence-electron chi connectivity index (χ2n) is 7.57. The summed E-state index contributed by atoms with van der Waals surface area (Å²) < 4.78 is 10.2. The van der Waals surface area contributed by atoms with Crippen molar-refractivity contribution >= 4 is 17.1 Å². The number of hydrogen-bond donors (Lipinski definition) is 1. The molecule has 1 aliphatic rings. The van der Waals surface area contributed by atoms with Crippen molar-refractivity contribution in [3.05, 3.63) is 64.8 Å². The molecule has 0 bridgehead atoms. The summed E-state index contributed by atoms with van der Waals surface area (Å²) in [5.41, 5.74) is 6.14. The van der Waals surface area contributed by atoms with Crippen LogP contribution < -0.4 is 10.1 Å². The standard InChI is InChI=1S/C22H23ClN6O/c1-14-19-5-7-24-8-9-28(19)27-21(14)17-10-20(22-18(23)12-26-29(22)13-17)30-15(2)16-4-3-6-25-11-16/h3-4,6,10-13,15,24H,5,7-9H2,1-2H3. The van der Waals surface area contributed by atoms with Crippen molar-refractivity contribution in [2.45, 2.75) is 32.9 Å². The molecular formula is C22H23ClN6O. The van der Waals surface area contributed by atoms with Crippen molar-refractivity contribution in [2.24, 2.45) is 0 Å². The normalized spacial score (nSPS) is 15.0. The Hall–Kier alpha value is -2.90. The highest BCUT2D eigenvalue weighted by atomic mass is 35.5. The van der Waals surface area contributed by atoms with Crippen LogP contribution in [0.1, 0.15) is 29.8 Å². The molecule has 5 rings (SSSR count). The van der Waals surface area contributed by atoms with Crippen LogP contribution in [0.25, 0.3) is 16.8 Å². The summed E-state index contributed by atoms with van der Waals surface area (Å²) in [7, 11) is 0. The van der Waals surface area contributed by atoms with Gasteiger partial charge in [0.25, 0.3) is 0 Å². The number of fused-ring (bicyclic) bond motifs is 2. The van der Waals surface area contributed by atoms with E-state index in [4.69, 9.17) is 21.4 Å². The summed E-state index contributed by atoms with van der Waals surface area (Å²) in [6.45, 7) is 6.91. The van der Waals surface area contributed by atoms with Crippen LogP contribution in [0.2, 0.25) is 5.02 Å². The van der Waals surface area contributed by atoms with E-state index in [1.165, 1.54) is 11.3 Å². The molecule has 0 aliphatic carbocycles. The lowest BCUT2D eigenvalue weighted by atomic mass is 10.1. The van der Waals surface area contributed by atoms with Gasteiger partial charge in [-0.1, -0.05) is 17.7 Å². The van der Waals surface area contributed by atoms with Gasteiger partial charge in [0.1, 0.15) is 17.4 Å². The van der Waals surface area contributed by atoms with E-state index in [-0.39, 0.29) is 6.10 Å². The summed E-state index contributed by atoms with van der Waals surface area (Å²) in [6, 6.07) is 5.92. The van der Waals surface area contributed by atoms with Gasteiger partial charge in [-0.3, -0.25) is 9.67 Å². The van der Waals surface area contributed by atoms with Crippen molar-refractivity contribution in [1.82, 2.24) is 29.7 Å². The molecule has 0 radical (unpaired) electrons. The van der Waals surface area contributed by atoms with Gasteiger partial charge >= 0.3 is 0 Å². The van der Waals surface area contributed by atoms with Crippen LogP contribution in [-0.4, -0.2) is 37.5 Å². The Balaban J connectivity index is 1.60. The minimum absolute atomic E-state index is 0.186. The van der Waals surface area contributed by atoms with E-state index in [2.05, 4.69) is 27.0 Å². The fourth-order valence-electron chi connectivity index (χ4n) is 4.02. The Morgan fingerprint density at radius 1 is 1.27 bits per heavy atom. The summed E-state index contributed by atoms with van der Waals surface area (Å²) >= 11 is 6.44. The third-order valence-electron chi connectivity index (χ3n) is 5.62. The van der Waals surface area contributed by atoms with Crippen molar-refractivity contribution in [3.8, 4) is 17.0 Å². The van der Waals surface area contributed by atoms with E-state index in [9.17, 15) is 0 Å². The Morgan fingerprint density at radius 3 is 3.00 bits per heavy atom. The summed E-state index contributed by atoms with van der Waals surface area (Å²) in [6.07, 6.45) is 7.96. The maximum Gasteiger partial charge on any atom is 0.148 e. The Labute approximate surface area is 179 Å². The van der Waals surface area contributed by atoms with Gasteiger partial charge in [0.2, 0.25) is 0 Å². The lowest BCUT2D eigenvalue weighted by Crippen LogP contribution is -2.17. The van der Waals surface area contributed by atoms with E-state index >= 15 is 0 Å². The highest BCUT2D eigenvalue weighted by molar-refractivity contribution is 6.34. The van der Waals surface area contributed by atoms with Gasteiger partial charge in [0.15, 0.2) is 0 Å². The Bertz CT molecular complexity index is 1200. The first-order chi connectivity index (χ1) is 14.6. The van der Waals surface area contributed by atoms with Crippen LogP contribution in [0.5, 0.6) is 5.75 Å². The molecule has 4 aromatic rings. The average Bonchev–Trinajstić information content (AvgIpc) is 3.18. The number of hydrogen-bond acceptors (Lipinski definition) is 5. The van der Waals surface area contributed by atoms with Crippen LogP contribution in [0.4, 0.5) is 0 Å². The van der Waals surface area contributed by atoms with E-state index in [0.717, 1.165) is 48.4 Å². The Kier molecular flexibility index (Phi) is 4.92. The average molecular weight is 423 g/mol. The summed E-state index contributed by atoms with van der Waals surface area (Å²) in [5.74, 6) is 0.676. The molecule has 0 amide bonds. The minimum Gasteiger partial charge on any atom is -0.484 e. The number of nitrogens with one attached hydrogen (secondary N) is 1. The van der Waals surface area contributed by atoms with Gasteiger partial charge < -0.3 is 10.1 Å². The predicted molar refractivity (Wildman–Crippen MR) is 116 cm³/mol. The number of pyridine rings is 2. The minimum atomic E-state index is -0.186. The molecule has 0 spiro atoms. The first-order valence-electron chi connectivity index (χ1n) is 10.1. The van der Waals surface area contributed by atoms with E-state index < -0.39 is 0 Å². The first kappa shape index (κ1) is 19.1. The van der Waals surface area contributed by atoms with Crippen LogP contribution >= 0.6 is 11.6 Å². The largest absolute Gasteiger partial charge is 0.484 e. The number of ether oxygens (including phenoxy) is 1. The van der Waals surface area contributed by atoms with Crippen molar-refractivity contribution in [1.29, 1.82) is 0 Å². The molecule has 5 heterocycles. The molecule has 1 aliphatic heterocycles. The maximum atomic E-state index is 6.44. The van der Waals surface area contributed by atoms with Crippen LogP contribution in [0, 0.1) is 6.92 Å². The molecule has 0 saturated heterocycles. The highest BCUT2D eigenvalue weighted by Gasteiger charge is 2.21. The van der Waals surface area contributed by atoms with Crippen molar-refractivity contribution in [3.63, 3.8) is 0 Å². The van der Waals surface area contributed by atoms with Gasteiger partial charge in [-0.15, -0.1) is 0 Å². The molecule has 0 aromatic carbocycles. The van der Waals surface area contributed by atoms with Gasteiger partial charge in [-0.2, -0.15) is 10.2 Å². The molecule has 0 saturated carbocycles. The van der Waals surface area contributed by atoms with Crippen molar-refractivity contribution in [2.75, 3.05) is 13.1 Å². The zero-order valence-corrected chi connectivity index (χ0v) is 17.7. The van der Waals surface area contributed by atoms with Gasteiger partial charge in [0.05, 0.1) is 23.5 Å². The fourth-order valence-corrected chi connectivity index (χ4v) is 4.24. The molecule has 1 unspecified atom stereocenters. The highest BCUT2D eigenvalue weighted by Crippen LogP contribution is 2.35. The fraction of sp³-hybridized carbons (Fsp3) is 0.318. The molecule has 1 atom stereocenters. The molecule has 8 heteroatoms. The monoisotopic (exact) mass is 422 g/mol. The maximum absolute atomic E-state index is 6.44. The number of halogens is 1. The number of rotatable bonds is 4. The first-order valence-corrected chi connectivity index (χ1v) is 10.5. The number of nitrogens with zero attached hydrogens (tertiary/aromatic N) is 5. The van der Waals surface area contributed by atoms with E-state index in [1.54, 1.807) is 16.9 Å². The SMILES string of the molecule is Cc1c(-c2cc(OC(C)c3cccnc3)c3c(Cl)cnn3c2)nn2c1CCNCC2. The van der Waals surface area contributed by atoms with E-state index in [1.807, 2.05) is 37.5 Å². The molecule has 7 nitrogen and oxygen atoms in total. The molecule has 30 heavy (non-hydrogen) atoms. The zero-order valence-electron chi connectivity index (χ0n) is 17.0. The summed E-state index contributed by atoms with van der Waals surface area (Å²) in [5, 5.41) is 13.3. The smallest absolute Gasteiger partial charge is 0.148 e.